The highest BCUT2D eigenvalue weighted by Gasteiger charge is 2.44. The van der Waals surface area contributed by atoms with E-state index in [0.29, 0.717) is 0 Å². The van der Waals surface area contributed by atoms with E-state index >= 15 is 0 Å². The molecule has 8 atom stereocenters. The molecule has 24 heavy (non-hydrogen) atoms. The summed E-state index contributed by atoms with van der Waals surface area (Å²) in [6.45, 7) is -2.40. The van der Waals surface area contributed by atoms with E-state index in [4.69, 9.17) is 19.7 Å². The lowest BCUT2D eigenvalue weighted by Gasteiger charge is -2.40. The van der Waals surface area contributed by atoms with E-state index < -0.39 is 74.6 Å². The van der Waals surface area contributed by atoms with Crippen LogP contribution in [0.2, 0.25) is 0 Å². The summed E-state index contributed by atoms with van der Waals surface area (Å²) in [5, 5.41) is 74.8. The summed E-state index contributed by atoms with van der Waals surface area (Å²) in [6, 6.07) is 0. The first kappa shape index (κ1) is 23.3. The van der Waals surface area contributed by atoms with E-state index in [9.17, 15) is 35.4 Å². The maximum Gasteiger partial charge on any atom is 0.189 e. The van der Waals surface area contributed by atoms with E-state index in [2.05, 4.69) is 0 Å². The van der Waals surface area contributed by atoms with Crippen molar-refractivity contribution in [2.24, 2.45) is 0 Å². The van der Waals surface area contributed by atoms with E-state index in [1.165, 1.54) is 0 Å². The summed E-state index contributed by atoms with van der Waals surface area (Å²) >= 11 is 0. The molecule has 1 heterocycles. The third-order valence-electron chi connectivity index (χ3n) is 3.48. The van der Waals surface area contributed by atoms with E-state index in [1.54, 1.807) is 0 Å². The van der Waals surface area contributed by atoms with Gasteiger partial charge in [0.2, 0.25) is 0 Å². The average molecular weight is 358 g/mol. The minimum atomic E-state index is -2.03. The topological polar surface area (TPSA) is 197 Å². The van der Waals surface area contributed by atoms with Crippen molar-refractivity contribution in [3.05, 3.63) is 0 Å². The largest absolute Gasteiger partial charge is 0.394 e. The minimum absolute atomic E-state index is 0. The lowest BCUT2D eigenvalue weighted by atomic mass is 9.99. The number of aliphatic hydroxyl groups is 8. The quantitative estimate of drug-likeness (QED) is 0.207. The molecule has 0 aliphatic carbocycles. The van der Waals surface area contributed by atoms with Gasteiger partial charge in [-0.05, 0) is 0 Å². The monoisotopic (exact) mass is 358 g/mol. The Balaban J connectivity index is 0.00000529. The van der Waals surface area contributed by atoms with Crippen molar-refractivity contribution in [3.8, 4) is 0 Å². The summed E-state index contributed by atoms with van der Waals surface area (Å²) in [6.07, 6.45) is -13.4. The lowest BCUT2D eigenvalue weighted by Crippen LogP contribution is -2.59. The van der Waals surface area contributed by atoms with Gasteiger partial charge in [-0.15, -0.1) is 0 Å². The van der Waals surface area contributed by atoms with Crippen molar-refractivity contribution in [1.82, 2.24) is 0 Å². The van der Waals surface area contributed by atoms with Gasteiger partial charge in [-0.25, -0.2) is 0 Å². The van der Waals surface area contributed by atoms with E-state index in [0.717, 1.165) is 0 Å². The van der Waals surface area contributed by atoms with Crippen molar-refractivity contribution >= 4 is 5.78 Å². The molecule has 1 rings (SSSR count). The van der Waals surface area contributed by atoms with Gasteiger partial charge in [-0.3, -0.25) is 4.79 Å². The highest BCUT2D eigenvalue weighted by molar-refractivity contribution is 5.84. The number of carbonyl (C=O) groups is 1. The van der Waals surface area contributed by atoms with Crippen molar-refractivity contribution in [2.75, 3.05) is 19.8 Å². The molecule has 1 aliphatic rings. The van der Waals surface area contributed by atoms with Crippen LogP contribution in [0.25, 0.3) is 0 Å². The molecule has 1 fully saturated rings. The first-order chi connectivity index (χ1) is 10.7. The molecule has 1 aliphatic heterocycles. The zero-order valence-corrected chi connectivity index (χ0v) is 12.0. The van der Waals surface area contributed by atoms with Crippen molar-refractivity contribution in [3.63, 3.8) is 0 Å². The Hall–Kier alpha value is -0.730. The molecule has 0 radical (unpaired) electrons. The summed E-state index contributed by atoms with van der Waals surface area (Å²) < 4.78 is 9.94. The van der Waals surface area contributed by atoms with Crippen LogP contribution in [-0.4, -0.2) is 115 Å². The molecule has 0 aromatic heterocycles. The molecule has 0 spiro atoms. The van der Waals surface area contributed by atoms with Gasteiger partial charge in [-0.2, -0.15) is 0 Å². The molecule has 0 amide bonds. The maximum absolute atomic E-state index is 11.0. The Morgan fingerprint density at radius 1 is 1.04 bits per heavy atom. The van der Waals surface area contributed by atoms with Gasteiger partial charge in [0, 0.05) is 0 Å². The van der Waals surface area contributed by atoms with Crippen LogP contribution in [0.15, 0.2) is 0 Å². The van der Waals surface area contributed by atoms with Gasteiger partial charge < -0.3 is 50.3 Å². The van der Waals surface area contributed by atoms with Gasteiger partial charge in [0.15, 0.2) is 12.1 Å². The van der Waals surface area contributed by atoms with Crippen LogP contribution >= 0.6 is 0 Å². The SMILES string of the molecule is C.O=C(CO)C(O)C(O)C(O)COC1OC(CO)C(O)C(O)C1O. The van der Waals surface area contributed by atoms with Gasteiger partial charge in [0.05, 0.1) is 13.2 Å². The predicted molar refractivity (Wildman–Crippen MR) is 76.6 cm³/mol. The number of hydrogen-bond donors (Lipinski definition) is 8. The highest BCUT2D eigenvalue weighted by atomic mass is 16.7. The number of hydrogen-bond acceptors (Lipinski definition) is 11. The average Bonchev–Trinajstić information content (AvgIpc) is 2.56. The van der Waals surface area contributed by atoms with E-state index in [1.807, 2.05) is 0 Å². The van der Waals surface area contributed by atoms with Crippen LogP contribution in [0.1, 0.15) is 7.43 Å². The Kier molecular flexibility index (Phi) is 9.99. The third kappa shape index (κ3) is 5.39. The molecule has 0 aromatic rings. The number of Topliss-reactive ketones (excluding diaryl/α,β-unsaturated/α-hetero) is 1. The number of ether oxygens (including phenoxy) is 2. The first-order valence-corrected chi connectivity index (χ1v) is 6.84. The standard InChI is InChI=1S/C12H22O11.CH4/c13-1-4(15)7(17)8(18)5(16)3-22-12-11(21)10(20)9(19)6(2-14)23-12;/h5-14,16-21H,1-3H2;1H4. The van der Waals surface area contributed by atoms with Crippen LogP contribution < -0.4 is 0 Å². The third-order valence-corrected chi connectivity index (χ3v) is 3.48. The van der Waals surface area contributed by atoms with E-state index in [-0.39, 0.29) is 7.43 Å². The number of carbonyl (C=O) groups excluding carboxylic acids is 1. The van der Waals surface area contributed by atoms with Gasteiger partial charge in [-0.1, -0.05) is 7.43 Å². The summed E-state index contributed by atoms with van der Waals surface area (Å²) in [5.74, 6) is -1.11. The molecule has 144 valence electrons. The van der Waals surface area contributed by atoms with Gasteiger partial charge in [0.25, 0.3) is 0 Å². The summed E-state index contributed by atoms with van der Waals surface area (Å²) in [5.41, 5.74) is 0. The summed E-state index contributed by atoms with van der Waals surface area (Å²) in [4.78, 5) is 11.0. The minimum Gasteiger partial charge on any atom is -0.394 e. The smallest absolute Gasteiger partial charge is 0.189 e. The fourth-order valence-corrected chi connectivity index (χ4v) is 1.99. The second-order valence-corrected chi connectivity index (χ2v) is 5.16. The Bertz CT molecular complexity index is 377. The van der Waals surface area contributed by atoms with Crippen LogP contribution in [0, 0.1) is 0 Å². The molecular weight excluding hydrogens is 332 g/mol. The fraction of sp³-hybridized carbons (Fsp3) is 0.923. The van der Waals surface area contributed by atoms with Gasteiger partial charge >= 0.3 is 0 Å². The number of aliphatic hydroxyl groups excluding tert-OH is 8. The molecule has 1 saturated heterocycles. The summed E-state index contributed by atoms with van der Waals surface area (Å²) in [7, 11) is 0. The molecule has 8 N–H and O–H groups in total. The second-order valence-electron chi connectivity index (χ2n) is 5.16. The highest BCUT2D eigenvalue weighted by Crippen LogP contribution is 2.22. The molecule has 11 nitrogen and oxygen atoms in total. The Morgan fingerprint density at radius 3 is 2.12 bits per heavy atom. The fourth-order valence-electron chi connectivity index (χ4n) is 1.99. The maximum atomic E-state index is 11.0. The van der Waals surface area contributed by atoms with Gasteiger partial charge in [0.1, 0.15) is 49.3 Å². The lowest BCUT2D eigenvalue weighted by molar-refractivity contribution is -0.306. The molecule has 0 aromatic carbocycles. The van der Waals surface area contributed by atoms with Crippen molar-refractivity contribution in [2.45, 2.75) is 56.4 Å². The zero-order chi connectivity index (χ0) is 17.7. The molecule has 0 bridgehead atoms. The second kappa shape index (κ2) is 10.3. The molecular formula is C13H26O11. The normalized spacial score (nSPS) is 34.1. The molecule has 0 saturated carbocycles. The van der Waals surface area contributed by atoms with Crippen LogP contribution in [-0.2, 0) is 14.3 Å². The van der Waals surface area contributed by atoms with Crippen molar-refractivity contribution in [1.29, 1.82) is 0 Å². The Labute approximate surface area is 138 Å². The van der Waals surface area contributed by atoms with Crippen molar-refractivity contribution < 1.29 is 55.1 Å². The Morgan fingerprint density at radius 2 is 1.62 bits per heavy atom. The first-order valence-electron chi connectivity index (χ1n) is 6.84. The molecule has 11 heteroatoms. The van der Waals surface area contributed by atoms with Crippen LogP contribution in [0.3, 0.4) is 0 Å². The zero-order valence-electron chi connectivity index (χ0n) is 12.0. The number of ketones is 1. The van der Waals surface area contributed by atoms with Crippen LogP contribution in [0.4, 0.5) is 0 Å². The predicted octanol–water partition coefficient (Wildman–Crippen LogP) is -4.92. The number of rotatable bonds is 8. The molecule has 8 unspecified atom stereocenters. The van der Waals surface area contributed by atoms with Crippen LogP contribution in [0.5, 0.6) is 0 Å².